The van der Waals surface area contributed by atoms with Gasteiger partial charge in [-0.2, -0.15) is 0 Å². The summed E-state index contributed by atoms with van der Waals surface area (Å²) in [5.41, 5.74) is 3.49. The molecule has 2 aromatic carbocycles. The van der Waals surface area contributed by atoms with Crippen molar-refractivity contribution >= 4 is 31.2 Å². The van der Waals surface area contributed by atoms with E-state index in [1.54, 1.807) is 0 Å². The Hall–Kier alpha value is -1.90. The molecule has 3 rings (SSSR count). The van der Waals surface area contributed by atoms with E-state index in [1.165, 1.54) is 11.3 Å². The van der Waals surface area contributed by atoms with Gasteiger partial charge in [0.1, 0.15) is 0 Å². The van der Waals surface area contributed by atoms with Crippen LogP contribution in [0.4, 0.5) is 5.69 Å². The Balaban J connectivity index is 1.84. The first kappa shape index (κ1) is 15.0. The summed E-state index contributed by atoms with van der Waals surface area (Å²) in [4.78, 5) is 18.7. The Morgan fingerprint density at radius 1 is 1.05 bits per heavy atom. The summed E-state index contributed by atoms with van der Waals surface area (Å²) in [5.74, 6) is -0.00587. The van der Waals surface area contributed by atoms with E-state index in [-0.39, 0.29) is 25.7 Å². The zero-order valence-electron chi connectivity index (χ0n) is 12.7. The van der Waals surface area contributed by atoms with Crippen molar-refractivity contribution in [3.8, 4) is 0 Å². The van der Waals surface area contributed by atoms with Gasteiger partial charge in [0.2, 0.25) is 0 Å². The Bertz CT molecular complexity index is 693. The Morgan fingerprint density at radius 2 is 1.73 bits per heavy atom. The van der Waals surface area contributed by atoms with Crippen LogP contribution >= 0.6 is 0 Å². The van der Waals surface area contributed by atoms with Gasteiger partial charge < -0.3 is 0 Å². The van der Waals surface area contributed by atoms with Crippen LogP contribution in [-0.4, -0.2) is 39.6 Å². The number of nitrogens with zero attached hydrogens (tertiary/aromatic N) is 2. The van der Waals surface area contributed by atoms with Gasteiger partial charge in [-0.15, -0.1) is 0 Å². The molecule has 1 aliphatic rings. The number of aliphatic imine (C=N–C) groups is 1. The van der Waals surface area contributed by atoms with Gasteiger partial charge in [0.05, 0.1) is 0 Å². The molecule has 1 aliphatic heterocycles. The minimum atomic E-state index is -0.00587. The molecule has 0 saturated heterocycles. The number of carbonyl (C=O) groups excluding carboxylic acids is 1. The molecule has 0 radical (unpaired) electrons. The SMILES string of the molecule is CN(C)c1ccc([C@H]2CC(=O)N=C(c3ccccc3)[Se]2)cc1. The Labute approximate surface area is 137 Å². The number of benzene rings is 2. The first-order valence-corrected chi connectivity index (χ1v) is 9.09. The van der Waals surface area contributed by atoms with Gasteiger partial charge in [0.25, 0.3) is 0 Å². The van der Waals surface area contributed by atoms with Gasteiger partial charge in [0, 0.05) is 0 Å². The summed E-state index contributed by atoms with van der Waals surface area (Å²) in [7, 11) is 4.06. The van der Waals surface area contributed by atoms with Gasteiger partial charge in [-0.05, 0) is 0 Å². The maximum atomic E-state index is 12.0. The topological polar surface area (TPSA) is 32.7 Å². The van der Waals surface area contributed by atoms with Crippen molar-refractivity contribution in [3.63, 3.8) is 0 Å². The molecule has 0 N–H and O–H groups in total. The maximum absolute atomic E-state index is 12.0. The summed E-state index contributed by atoms with van der Waals surface area (Å²) >= 11 is 0.175. The number of rotatable bonds is 3. The number of hydrogen-bond donors (Lipinski definition) is 0. The second-order valence-corrected chi connectivity index (χ2v) is 7.97. The Morgan fingerprint density at radius 3 is 2.36 bits per heavy atom. The third-order valence-corrected chi connectivity index (χ3v) is 6.31. The predicted molar refractivity (Wildman–Crippen MR) is 91.9 cm³/mol. The third-order valence-electron chi connectivity index (χ3n) is 3.64. The molecule has 3 nitrogen and oxygen atoms in total. The summed E-state index contributed by atoms with van der Waals surface area (Å²) in [6, 6.07) is 18.6. The molecule has 0 bridgehead atoms. The molecule has 0 aliphatic carbocycles. The molecule has 0 spiro atoms. The van der Waals surface area contributed by atoms with Crippen molar-refractivity contribution in [2.45, 2.75) is 11.2 Å². The van der Waals surface area contributed by atoms with Gasteiger partial charge in [-0.1, -0.05) is 0 Å². The Kier molecular flexibility index (Phi) is 4.41. The molecule has 112 valence electrons. The van der Waals surface area contributed by atoms with E-state index in [0.717, 1.165) is 10.2 Å². The van der Waals surface area contributed by atoms with Crippen LogP contribution in [0.3, 0.4) is 0 Å². The summed E-state index contributed by atoms with van der Waals surface area (Å²) in [6.45, 7) is 0. The van der Waals surface area contributed by atoms with Crippen molar-refractivity contribution in [1.29, 1.82) is 0 Å². The number of hydrogen-bond acceptors (Lipinski definition) is 2. The third kappa shape index (κ3) is 3.29. The molecule has 0 fully saturated rings. The van der Waals surface area contributed by atoms with E-state index in [1.807, 2.05) is 44.4 Å². The van der Waals surface area contributed by atoms with Crippen LogP contribution in [0.5, 0.6) is 0 Å². The molecular weight excluding hydrogens is 339 g/mol. The van der Waals surface area contributed by atoms with Crippen molar-refractivity contribution in [2.24, 2.45) is 4.99 Å². The van der Waals surface area contributed by atoms with E-state index in [4.69, 9.17) is 0 Å². The monoisotopic (exact) mass is 358 g/mol. The van der Waals surface area contributed by atoms with Crippen LogP contribution in [0.1, 0.15) is 22.4 Å². The molecule has 1 amide bonds. The second-order valence-electron chi connectivity index (χ2n) is 5.47. The standard InChI is InChI=1S/C18H18N2OSe/c1-20(2)15-10-8-13(9-11-15)16-12-17(21)19-18(22-16)14-6-4-3-5-7-14/h3-11,16H,12H2,1-2H3/t16-/m1/s1. The molecule has 2 aromatic rings. The average molecular weight is 357 g/mol. The zero-order chi connectivity index (χ0) is 15.5. The van der Waals surface area contributed by atoms with Crippen molar-refractivity contribution < 1.29 is 4.79 Å². The van der Waals surface area contributed by atoms with E-state index in [9.17, 15) is 4.79 Å². The molecule has 1 heterocycles. The van der Waals surface area contributed by atoms with Gasteiger partial charge in [-0.3, -0.25) is 0 Å². The normalized spacial score (nSPS) is 18.0. The first-order chi connectivity index (χ1) is 10.6. The number of anilines is 1. The molecule has 22 heavy (non-hydrogen) atoms. The van der Waals surface area contributed by atoms with Crippen LogP contribution in [0.2, 0.25) is 0 Å². The van der Waals surface area contributed by atoms with Crippen LogP contribution in [0, 0.1) is 0 Å². The van der Waals surface area contributed by atoms with Crippen molar-refractivity contribution in [2.75, 3.05) is 19.0 Å². The fourth-order valence-corrected chi connectivity index (χ4v) is 4.96. The van der Waals surface area contributed by atoms with Gasteiger partial charge in [0.15, 0.2) is 0 Å². The molecular formula is C18H18N2OSe. The average Bonchev–Trinajstić information content (AvgIpc) is 2.55. The van der Waals surface area contributed by atoms with Crippen LogP contribution in [0.15, 0.2) is 59.6 Å². The molecule has 0 aromatic heterocycles. The molecule has 4 heteroatoms. The van der Waals surface area contributed by atoms with Gasteiger partial charge in [-0.25, -0.2) is 0 Å². The summed E-state index contributed by atoms with van der Waals surface area (Å²) in [5, 5.41) is 0. The number of carbonyl (C=O) groups is 1. The van der Waals surface area contributed by atoms with Crippen LogP contribution in [0.25, 0.3) is 0 Å². The zero-order valence-corrected chi connectivity index (χ0v) is 14.4. The van der Waals surface area contributed by atoms with E-state index >= 15 is 0 Å². The summed E-state index contributed by atoms with van der Waals surface area (Å²) < 4.78 is 0.964. The van der Waals surface area contributed by atoms with Crippen molar-refractivity contribution in [1.82, 2.24) is 0 Å². The minimum absolute atomic E-state index is 0.00587. The van der Waals surface area contributed by atoms with Crippen molar-refractivity contribution in [3.05, 3.63) is 65.7 Å². The van der Waals surface area contributed by atoms with E-state index < -0.39 is 0 Å². The fourth-order valence-electron chi connectivity index (χ4n) is 2.41. The molecule has 0 unspecified atom stereocenters. The van der Waals surface area contributed by atoms with Crippen LogP contribution < -0.4 is 4.90 Å². The van der Waals surface area contributed by atoms with E-state index in [0.29, 0.717) is 6.42 Å². The predicted octanol–water partition coefficient (Wildman–Crippen LogP) is 2.88. The van der Waals surface area contributed by atoms with Gasteiger partial charge >= 0.3 is 137 Å². The fraction of sp³-hybridized carbons (Fsp3) is 0.222. The number of amides is 1. The second kappa shape index (κ2) is 6.47. The summed E-state index contributed by atoms with van der Waals surface area (Å²) in [6.07, 6.45) is 0.525. The molecule has 1 atom stereocenters. The van der Waals surface area contributed by atoms with Crippen LogP contribution in [-0.2, 0) is 4.79 Å². The van der Waals surface area contributed by atoms with E-state index in [2.05, 4.69) is 34.2 Å². The first-order valence-electron chi connectivity index (χ1n) is 7.24. The quantitative estimate of drug-likeness (QED) is 0.792. The molecule has 0 saturated carbocycles.